The van der Waals surface area contributed by atoms with Crippen LogP contribution in [0.5, 0.6) is 0 Å². The number of aromatic nitrogens is 5. The molecule has 7 nitrogen and oxygen atoms in total. The van der Waals surface area contributed by atoms with Gasteiger partial charge in [-0.2, -0.15) is 28.1 Å². The summed E-state index contributed by atoms with van der Waals surface area (Å²) in [6.45, 7) is 0. The molecule has 29 heavy (non-hydrogen) atoms. The van der Waals surface area contributed by atoms with Crippen LogP contribution in [0.3, 0.4) is 0 Å². The largest absolute Gasteiger partial charge is 0.433 e. The highest BCUT2D eigenvalue weighted by Crippen LogP contribution is 2.29. The second kappa shape index (κ2) is 7.57. The highest BCUT2D eigenvalue weighted by Gasteiger charge is 2.32. The molecule has 150 valence electrons. The number of nitrogens with one attached hydrogen (secondary N) is 2. The smallest absolute Gasteiger partial charge is 0.351 e. The molecular weight excluding hydrogens is 390 g/mol. The van der Waals surface area contributed by atoms with E-state index in [-0.39, 0.29) is 35.1 Å². The standard InChI is InChI=1S/C18H15F4N7/c19-10-7-12(9-23-8-10)25-17-28-15(27-16(29-17)24-11-3-1-4-11)13-5-2-6-14(26-13)18(20,21)22/h2,5-9,11H,1,3-4H2,(H2,24,25,27,28,29). The summed E-state index contributed by atoms with van der Waals surface area (Å²) in [7, 11) is 0. The Kier molecular flexibility index (Phi) is 4.95. The molecule has 2 N–H and O–H groups in total. The molecule has 1 aliphatic rings. The molecule has 0 unspecified atom stereocenters. The number of nitrogens with zero attached hydrogens (tertiary/aromatic N) is 5. The van der Waals surface area contributed by atoms with Gasteiger partial charge in [0.25, 0.3) is 0 Å². The van der Waals surface area contributed by atoms with Crippen molar-refractivity contribution in [2.75, 3.05) is 10.6 Å². The Bertz CT molecular complexity index is 1020. The third kappa shape index (κ3) is 4.55. The van der Waals surface area contributed by atoms with Gasteiger partial charge in [0.05, 0.1) is 18.1 Å². The van der Waals surface area contributed by atoms with E-state index in [9.17, 15) is 17.6 Å². The maximum atomic E-state index is 13.4. The van der Waals surface area contributed by atoms with Gasteiger partial charge in [0.15, 0.2) is 5.82 Å². The zero-order chi connectivity index (χ0) is 20.4. The van der Waals surface area contributed by atoms with Crippen LogP contribution < -0.4 is 10.6 Å². The van der Waals surface area contributed by atoms with Gasteiger partial charge >= 0.3 is 6.18 Å². The van der Waals surface area contributed by atoms with E-state index in [2.05, 4.69) is 35.6 Å². The van der Waals surface area contributed by atoms with Crippen LogP contribution in [0.4, 0.5) is 35.1 Å². The predicted molar refractivity (Wildman–Crippen MR) is 96.8 cm³/mol. The molecule has 4 rings (SSSR count). The van der Waals surface area contributed by atoms with Crippen molar-refractivity contribution in [1.82, 2.24) is 24.9 Å². The summed E-state index contributed by atoms with van der Waals surface area (Å²) in [5.41, 5.74) is -0.819. The maximum Gasteiger partial charge on any atom is 0.433 e. The summed E-state index contributed by atoms with van der Waals surface area (Å²) in [5.74, 6) is -0.370. The van der Waals surface area contributed by atoms with E-state index in [1.165, 1.54) is 24.4 Å². The monoisotopic (exact) mass is 405 g/mol. The molecule has 1 saturated carbocycles. The van der Waals surface area contributed by atoms with Crippen molar-refractivity contribution in [2.45, 2.75) is 31.5 Å². The predicted octanol–water partition coefficient (Wildman–Crippen LogP) is 4.19. The first-order valence-corrected chi connectivity index (χ1v) is 8.82. The zero-order valence-electron chi connectivity index (χ0n) is 14.9. The van der Waals surface area contributed by atoms with Crippen molar-refractivity contribution in [1.29, 1.82) is 0 Å². The SMILES string of the molecule is Fc1cncc(Nc2nc(NC3CCC3)nc(-c3cccc(C(F)(F)F)n3)n2)c1. The first-order chi connectivity index (χ1) is 13.9. The lowest BCUT2D eigenvalue weighted by Gasteiger charge is -2.26. The molecule has 3 heterocycles. The Balaban J connectivity index is 1.71. The molecule has 11 heteroatoms. The van der Waals surface area contributed by atoms with Crippen LogP contribution in [0.15, 0.2) is 36.7 Å². The molecule has 3 aromatic heterocycles. The Morgan fingerprint density at radius 1 is 0.966 bits per heavy atom. The molecule has 0 spiro atoms. The molecular formula is C18H15F4N7. The number of hydrogen-bond donors (Lipinski definition) is 2. The molecule has 0 aliphatic heterocycles. The highest BCUT2D eigenvalue weighted by atomic mass is 19.4. The van der Waals surface area contributed by atoms with Crippen LogP contribution in [-0.2, 0) is 6.18 Å². The van der Waals surface area contributed by atoms with Crippen molar-refractivity contribution >= 4 is 17.6 Å². The Morgan fingerprint density at radius 2 is 1.76 bits per heavy atom. The Labute approximate surface area is 162 Å². The van der Waals surface area contributed by atoms with Crippen LogP contribution in [0, 0.1) is 5.82 Å². The van der Waals surface area contributed by atoms with Gasteiger partial charge in [0.1, 0.15) is 17.2 Å². The fourth-order valence-electron chi connectivity index (χ4n) is 2.67. The quantitative estimate of drug-likeness (QED) is 0.615. The van der Waals surface area contributed by atoms with E-state index in [4.69, 9.17) is 0 Å². The first-order valence-electron chi connectivity index (χ1n) is 8.82. The molecule has 0 amide bonds. The van der Waals surface area contributed by atoms with Gasteiger partial charge in [0, 0.05) is 12.1 Å². The molecule has 0 saturated heterocycles. The fraction of sp³-hybridized carbons (Fsp3) is 0.278. The number of rotatable bonds is 5. The second-order valence-electron chi connectivity index (χ2n) is 6.50. The van der Waals surface area contributed by atoms with Gasteiger partial charge in [-0.3, -0.25) is 4.98 Å². The lowest BCUT2D eigenvalue weighted by atomic mass is 9.93. The van der Waals surface area contributed by atoms with Crippen molar-refractivity contribution < 1.29 is 17.6 Å². The van der Waals surface area contributed by atoms with Gasteiger partial charge in [-0.25, -0.2) is 9.37 Å². The third-order valence-corrected chi connectivity index (χ3v) is 4.30. The van der Waals surface area contributed by atoms with Crippen molar-refractivity contribution in [2.24, 2.45) is 0 Å². The van der Waals surface area contributed by atoms with E-state index < -0.39 is 17.7 Å². The number of halogens is 4. The summed E-state index contributed by atoms with van der Waals surface area (Å²) in [5, 5.41) is 5.92. The normalized spacial score (nSPS) is 14.3. The Hall–Kier alpha value is -3.37. The molecule has 3 aromatic rings. The van der Waals surface area contributed by atoms with Gasteiger partial charge < -0.3 is 10.6 Å². The van der Waals surface area contributed by atoms with Crippen molar-refractivity contribution in [3.05, 3.63) is 48.2 Å². The zero-order valence-corrected chi connectivity index (χ0v) is 14.9. The Morgan fingerprint density at radius 3 is 2.45 bits per heavy atom. The molecule has 1 aliphatic carbocycles. The minimum atomic E-state index is -4.59. The molecule has 0 atom stereocenters. The lowest BCUT2D eigenvalue weighted by Crippen LogP contribution is -2.28. The fourth-order valence-corrected chi connectivity index (χ4v) is 2.67. The summed E-state index contributed by atoms with van der Waals surface area (Å²) in [6.07, 6.45) is 0.780. The van der Waals surface area contributed by atoms with Gasteiger partial charge in [-0.05, 0) is 31.4 Å². The third-order valence-electron chi connectivity index (χ3n) is 4.30. The van der Waals surface area contributed by atoms with E-state index in [0.29, 0.717) is 0 Å². The average Bonchev–Trinajstić information content (AvgIpc) is 2.64. The van der Waals surface area contributed by atoms with Crippen LogP contribution in [0.25, 0.3) is 11.5 Å². The summed E-state index contributed by atoms with van der Waals surface area (Å²) >= 11 is 0. The maximum absolute atomic E-state index is 13.4. The summed E-state index contributed by atoms with van der Waals surface area (Å²) in [4.78, 5) is 20.0. The van der Waals surface area contributed by atoms with Crippen molar-refractivity contribution in [3.63, 3.8) is 0 Å². The van der Waals surface area contributed by atoms with E-state index in [1.807, 2.05) is 0 Å². The molecule has 0 aromatic carbocycles. The van der Waals surface area contributed by atoms with E-state index >= 15 is 0 Å². The number of hydrogen-bond acceptors (Lipinski definition) is 7. The van der Waals surface area contributed by atoms with Crippen LogP contribution in [0.2, 0.25) is 0 Å². The van der Waals surface area contributed by atoms with Crippen molar-refractivity contribution in [3.8, 4) is 11.5 Å². The van der Waals surface area contributed by atoms with E-state index in [0.717, 1.165) is 31.5 Å². The molecule has 0 radical (unpaired) electrons. The molecule has 0 bridgehead atoms. The molecule has 1 fully saturated rings. The summed E-state index contributed by atoms with van der Waals surface area (Å²) < 4.78 is 52.4. The van der Waals surface area contributed by atoms with Gasteiger partial charge in [0.2, 0.25) is 11.9 Å². The van der Waals surface area contributed by atoms with Crippen LogP contribution in [-0.4, -0.2) is 31.0 Å². The summed E-state index contributed by atoms with van der Waals surface area (Å²) in [6, 6.07) is 4.86. The minimum Gasteiger partial charge on any atom is -0.351 e. The first kappa shape index (κ1) is 19.0. The minimum absolute atomic E-state index is 0.0310. The number of pyridine rings is 2. The number of anilines is 3. The highest BCUT2D eigenvalue weighted by molar-refractivity contribution is 5.58. The van der Waals surface area contributed by atoms with Gasteiger partial charge in [-0.1, -0.05) is 6.07 Å². The lowest BCUT2D eigenvalue weighted by molar-refractivity contribution is -0.141. The average molecular weight is 405 g/mol. The van der Waals surface area contributed by atoms with Gasteiger partial charge in [-0.15, -0.1) is 0 Å². The number of alkyl halides is 3. The van der Waals surface area contributed by atoms with Crippen LogP contribution in [0.1, 0.15) is 25.0 Å². The second-order valence-corrected chi connectivity index (χ2v) is 6.50. The van der Waals surface area contributed by atoms with Crippen LogP contribution >= 0.6 is 0 Å². The topological polar surface area (TPSA) is 88.5 Å². The van der Waals surface area contributed by atoms with E-state index in [1.54, 1.807) is 0 Å².